The summed E-state index contributed by atoms with van der Waals surface area (Å²) >= 11 is 1.64. The van der Waals surface area contributed by atoms with E-state index in [-0.39, 0.29) is 17.9 Å². The molecule has 2 heterocycles. The summed E-state index contributed by atoms with van der Waals surface area (Å²) in [7, 11) is 0. The van der Waals surface area contributed by atoms with E-state index in [9.17, 15) is 4.79 Å². The Morgan fingerprint density at radius 3 is 2.55 bits per heavy atom. The van der Waals surface area contributed by atoms with Crippen LogP contribution in [-0.2, 0) is 10.2 Å². The maximum absolute atomic E-state index is 13.0. The molecule has 1 saturated heterocycles. The van der Waals surface area contributed by atoms with Gasteiger partial charge in [0.2, 0.25) is 5.91 Å². The molecule has 1 aliphatic heterocycles. The molecular formula is C18H22N2OS. The van der Waals surface area contributed by atoms with Crippen LogP contribution in [0.4, 0.5) is 0 Å². The smallest absolute Gasteiger partial charge is 0.233 e. The van der Waals surface area contributed by atoms with E-state index in [1.807, 2.05) is 54.5 Å². The maximum atomic E-state index is 13.0. The van der Waals surface area contributed by atoms with Gasteiger partial charge in [-0.15, -0.1) is 11.3 Å². The normalized spacial score (nSPS) is 22.0. The first kappa shape index (κ1) is 15.3. The fraction of sp³-hybridized carbons (Fsp3) is 0.389. The molecule has 0 saturated carbocycles. The van der Waals surface area contributed by atoms with Crippen LogP contribution in [-0.4, -0.2) is 29.9 Å². The second-order valence-electron chi connectivity index (χ2n) is 6.49. The van der Waals surface area contributed by atoms with Gasteiger partial charge in [0, 0.05) is 29.9 Å². The van der Waals surface area contributed by atoms with Gasteiger partial charge in [0.1, 0.15) is 0 Å². The second kappa shape index (κ2) is 5.86. The number of carbonyl (C=O) groups is 1. The van der Waals surface area contributed by atoms with Gasteiger partial charge in [-0.25, -0.2) is 0 Å². The third-order valence-electron chi connectivity index (χ3n) is 4.55. The Hall–Kier alpha value is -1.65. The van der Waals surface area contributed by atoms with Crippen molar-refractivity contribution in [3.63, 3.8) is 0 Å². The van der Waals surface area contributed by atoms with Gasteiger partial charge >= 0.3 is 0 Å². The number of nitrogens with zero attached hydrogens (tertiary/aromatic N) is 1. The summed E-state index contributed by atoms with van der Waals surface area (Å²) in [6.45, 7) is 5.34. The summed E-state index contributed by atoms with van der Waals surface area (Å²) in [6.07, 6.45) is 0. The Morgan fingerprint density at radius 1 is 1.18 bits per heavy atom. The summed E-state index contributed by atoms with van der Waals surface area (Å²) in [5.41, 5.74) is 7.04. The predicted octanol–water partition coefficient (Wildman–Crippen LogP) is 2.98. The minimum absolute atomic E-state index is 0.00508. The molecule has 1 amide bonds. The van der Waals surface area contributed by atoms with Crippen molar-refractivity contribution < 1.29 is 4.79 Å². The number of nitrogens with two attached hydrogens (primary N) is 1. The van der Waals surface area contributed by atoms with E-state index >= 15 is 0 Å². The van der Waals surface area contributed by atoms with Crippen molar-refractivity contribution in [3.05, 3.63) is 58.3 Å². The van der Waals surface area contributed by atoms with Crippen LogP contribution in [0.2, 0.25) is 0 Å². The number of amides is 1. The lowest BCUT2D eigenvalue weighted by Gasteiger charge is -2.28. The van der Waals surface area contributed by atoms with Crippen molar-refractivity contribution in [2.75, 3.05) is 13.1 Å². The third kappa shape index (κ3) is 2.69. The Morgan fingerprint density at radius 2 is 1.91 bits per heavy atom. The van der Waals surface area contributed by atoms with Crippen molar-refractivity contribution >= 4 is 17.2 Å². The van der Waals surface area contributed by atoms with Gasteiger partial charge < -0.3 is 10.6 Å². The molecule has 1 fully saturated rings. The lowest BCUT2D eigenvalue weighted by molar-refractivity contribution is -0.135. The molecule has 2 atom stereocenters. The van der Waals surface area contributed by atoms with E-state index in [1.54, 1.807) is 11.3 Å². The van der Waals surface area contributed by atoms with Crippen LogP contribution in [0.25, 0.3) is 0 Å². The Balaban J connectivity index is 1.78. The maximum Gasteiger partial charge on any atom is 0.233 e. The van der Waals surface area contributed by atoms with Crippen LogP contribution in [0.5, 0.6) is 0 Å². The Labute approximate surface area is 135 Å². The van der Waals surface area contributed by atoms with Gasteiger partial charge in [-0.2, -0.15) is 0 Å². The fourth-order valence-electron chi connectivity index (χ4n) is 3.18. The molecule has 1 aromatic carbocycles. The van der Waals surface area contributed by atoms with Gasteiger partial charge in [0.15, 0.2) is 0 Å². The van der Waals surface area contributed by atoms with Crippen molar-refractivity contribution in [3.8, 4) is 0 Å². The molecule has 0 unspecified atom stereocenters. The predicted molar refractivity (Wildman–Crippen MR) is 91.1 cm³/mol. The largest absolute Gasteiger partial charge is 0.340 e. The van der Waals surface area contributed by atoms with Gasteiger partial charge in [0.25, 0.3) is 0 Å². The van der Waals surface area contributed by atoms with E-state index in [0.29, 0.717) is 13.1 Å². The lowest BCUT2D eigenvalue weighted by atomic mass is 9.89. The molecule has 4 heteroatoms. The highest BCUT2D eigenvalue weighted by Gasteiger charge is 2.40. The molecule has 116 valence electrons. The summed E-state index contributed by atoms with van der Waals surface area (Å²) in [6, 6.07) is 14.3. The second-order valence-corrected chi connectivity index (χ2v) is 7.44. The zero-order valence-corrected chi connectivity index (χ0v) is 13.8. The van der Waals surface area contributed by atoms with Crippen molar-refractivity contribution in [2.24, 2.45) is 5.73 Å². The molecule has 1 aromatic heterocycles. The number of benzene rings is 1. The highest BCUT2D eigenvalue weighted by molar-refractivity contribution is 7.10. The third-order valence-corrected chi connectivity index (χ3v) is 5.75. The Bertz CT molecular complexity index is 636. The molecule has 2 N–H and O–H groups in total. The van der Waals surface area contributed by atoms with Gasteiger partial charge in [-0.05, 0) is 30.9 Å². The van der Waals surface area contributed by atoms with Gasteiger partial charge in [-0.3, -0.25) is 4.79 Å². The van der Waals surface area contributed by atoms with Crippen LogP contribution in [0.3, 0.4) is 0 Å². The SMILES string of the molecule is CC(C)(C(=O)N1C[C@@H](N)[C@H](c2ccccc2)C1)c1cccs1. The van der Waals surface area contributed by atoms with E-state index in [4.69, 9.17) is 5.73 Å². The van der Waals surface area contributed by atoms with Crippen LogP contribution >= 0.6 is 11.3 Å². The number of likely N-dealkylation sites (tertiary alicyclic amines) is 1. The van der Waals surface area contributed by atoms with Crippen molar-refractivity contribution in [1.29, 1.82) is 0 Å². The summed E-state index contributed by atoms with van der Waals surface area (Å²) in [4.78, 5) is 16.0. The number of hydrogen-bond acceptors (Lipinski definition) is 3. The molecule has 1 aliphatic rings. The molecule has 0 spiro atoms. The summed E-state index contributed by atoms with van der Waals surface area (Å²) in [5.74, 6) is 0.396. The zero-order valence-electron chi connectivity index (χ0n) is 13.0. The zero-order chi connectivity index (χ0) is 15.7. The van der Waals surface area contributed by atoms with Gasteiger partial charge in [0.05, 0.1) is 5.41 Å². The fourth-order valence-corrected chi connectivity index (χ4v) is 4.03. The molecule has 0 radical (unpaired) electrons. The highest BCUT2D eigenvalue weighted by atomic mass is 32.1. The van der Waals surface area contributed by atoms with Crippen molar-refractivity contribution in [1.82, 2.24) is 4.90 Å². The van der Waals surface area contributed by atoms with Crippen LogP contribution in [0.1, 0.15) is 30.2 Å². The first-order valence-electron chi connectivity index (χ1n) is 7.64. The lowest BCUT2D eigenvalue weighted by Crippen LogP contribution is -2.42. The molecule has 0 bridgehead atoms. The standard InChI is InChI=1S/C18H22N2OS/c1-18(2,16-9-6-10-22-16)17(21)20-11-14(15(19)12-20)13-7-4-3-5-8-13/h3-10,14-15H,11-12,19H2,1-2H3/t14-,15+/m0/s1. The molecule has 2 aromatic rings. The monoisotopic (exact) mass is 314 g/mol. The first-order valence-corrected chi connectivity index (χ1v) is 8.52. The number of carbonyl (C=O) groups excluding carboxylic acids is 1. The van der Waals surface area contributed by atoms with E-state index in [1.165, 1.54) is 5.56 Å². The summed E-state index contributed by atoms with van der Waals surface area (Å²) < 4.78 is 0. The first-order chi connectivity index (χ1) is 10.5. The van der Waals surface area contributed by atoms with E-state index < -0.39 is 5.41 Å². The number of hydrogen-bond donors (Lipinski definition) is 1. The topological polar surface area (TPSA) is 46.3 Å². The molecule has 22 heavy (non-hydrogen) atoms. The van der Waals surface area contributed by atoms with Crippen LogP contribution < -0.4 is 5.73 Å². The quantitative estimate of drug-likeness (QED) is 0.946. The van der Waals surface area contributed by atoms with E-state index in [2.05, 4.69) is 12.1 Å². The van der Waals surface area contributed by atoms with E-state index in [0.717, 1.165) is 4.88 Å². The molecule has 3 nitrogen and oxygen atoms in total. The Kier molecular flexibility index (Phi) is 4.06. The highest BCUT2D eigenvalue weighted by Crippen LogP contribution is 2.33. The number of rotatable bonds is 3. The molecule has 0 aliphatic carbocycles. The molecule has 3 rings (SSSR count). The minimum Gasteiger partial charge on any atom is -0.340 e. The van der Waals surface area contributed by atoms with Gasteiger partial charge in [-0.1, -0.05) is 36.4 Å². The number of thiophene rings is 1. The summed E-state index contributed by atoms with van der Waals surface area (Å²) in [5, 5.41) is 2.02. The minimum atomic E-state index is -0.487. The average Bonchev–Trinajstić information content (AvgIpc) is 3.17. The molecular weight excluding hydrogens is 292 g/mol. The average molecular weight is 314 g/mol. The van der Waals surface area contributed by atoms with Crippen LogP contribution in [0.15, 0.2) is 47.8 Å². The van der Waals surface area contributed by atoms with Crippen LogP contribution in [0, 0.1) is 0 Å². The van der Waals surface area contributed by atoms with Crippen molar-refractivity contribution in [2.45, 2.75) is 31.2 Å².